The van der Waals surface area contributed by atoms with Crippen molar-refractivity contribution in [1.29, 1.82) is 0 Å². The van der Waals surface area contributed by atoms with E-state index in [1.54, 1.807) is 30.5 Å². The highest BCUT2D eigenvalue weighted by Crippen LogP contribution is 2.26. The summed E-state index contributed by atoms with van der Waals surface area (Å²) < 4.78 is 5.95. The van der Waals surface area contributed by atoms with Crippen LogP contribution in [-0.4, -0.2) is 47.0 Å². The number of ether oxygens (including phenoxy) is 1. The van der Waals surface area contributed by atoms with Crippen molar-refractivity contribution in [2.45, 2.75) is 19.8 Å². The Bertz CT molecular complexity index is 1010. The molecule has 2 N–H and O–H groups in total. The van der Waals surface area contributed by atoms with Gasteiger partial charge < -0.3 is 20.3 Å². The van der Waals surface area contributed by atoms with Gasteiger partial charge in [-0.1, -0.05) is 6.07 Å². The molecule has 4 rings (SSSR count). The van der Waals surface area contributed by atoms with E-state index in [0.29, 0.717) is 29.4 Å². The summed E-state index contributed by atoms with van der Waals surface area (Å²) in [6.07, 6.45) is 4.18. The summed E-state index contributed by atoms with van der Waals surface area (Å²) in [4.78, 5) is 23.5. The predicted molar refractivity (Wildman–Crippen MR) is 133 cm³/mol. The van der Waals surface area contributed by atoms with E-state index >= 15 is 0 Å². The zero-order valence-electron chi connectivity index (χ0n) is 17.7. The van der Waals surface area contributed by atoms with Crippen molar-refractivity contribution < 1.29 is 9.53 Å². The number of hydrogen-bond acceptors (Lipinski definition) is 7. The Morgan fingerprint density at radius 2 is 1.94 bits per heavy atom. The Kier molecular flexibility index (Phi) is 10.2. The summed E-state index contributed by atoms with van der Waals surface area (Å²) in [6, 6.07) is 10.8. The zero-order valence-corrected chi connectivity index (χ0v) is 20.2. The fourth-order valence-corrected chi connectivity index (χ4v) is 4.03. The third-order valence-corrected chi connectivity index (χ3v) is 5.71. The highest BCUT2D eigenvalue weighted by Gasteiger charge is 2.12. The molecule has 2 aromatic heterocycles. The second-order valence-corrected chi connectivity index (χ2v) is 8.09. The van der Waals surface area contributed by atoms with E-state index < -0.39 is 0 Å². The minimum Gasteiger partial charge on any atom is -0.457 e. The van der Waals surface area contributed by atoms with Crippen molar-refractivity contribution in [1.82, 2.24) is 20.2 Å². The van der Waals surface area contributed by atoms with Crippen molar-refractivity contribution in [2.24, 2.45) is 0 Å². The first-order valence-electron chi connectivity index (χ1n) is 10.1. The minimum absolute atomic E-state index is 0. The van der Waals surface area contributed by atoms with Crippen LogP contribution in [0, 0.1) is 6.92 Å². The molecule has 3 heterocycles. The third-order valence-electron chi connectivity index (χ3n) is 4.83. The first kappa shape index (κ1) is 25.9. The van der Waals surface area contributed by atoms with Crippen molar-refractivity contribution in [2.75, 3.05) is 31.5 Å². The van der Waals surface area contributed by atoms with Gasteiger partial charge in [0.1, 0.15) is 17.3 Å². The standard InChI is InChI=1S/C22H25N5O2S.2ClH/c1-16-15-30-22(25-16)26-20-14-19(7-8-23-20)29-18-6-4-5-17(13-18)21(28)24-9-12-27-10-2-3-11-27;;/h4-8,13-15H,2-3,9-12H2,1H3,(H,24,28)(H,23,25,26);2*1H. The van der Waals surface area contributed by atoms with Gasteiger partial charge in [0.05, 0.1) is 5.69 Å². The quantitative estimate of drug-likeness (QED) is 0.454. The maximum Gasteiger partial charge on any atom is 0.251 e. The number of halogens is 2. The van der Waals surface area contributed by atoms with Crippen LogP contribution in [0.25, 0.3) is 0 Å². The number of pyridine rings is 1. The van der Waals surface area contributed by atoms with Crippen molar-refractivity contribution in [3.8, 4) is 11.5 Å². The molecule has 0 atom stereocenters. The van der Waals surface area contributed by atoms with Gasteiger partial charge in [0, 0.05) is 36.3 Å². The molecule has 1 amide bonds. The molecule has 10 heteroatoms. The summed E-state index contributed by atoms with van der Waals surface area (Å²) in [6.45, 7) is 5.76. The van der Waals surface area contributed by atoms with Gasteiger partial charge in [0.15, 0.2) is 5.13 Å². The number of anilines is 2. The molecular weight excluding hydrogens is 469 g/mol. The number of hydrogen-bond donors (Lipinski definition) is 2. The maximum atomic E-state index is 12.5. The van der Waals surface area contributed by atoms with Crippen LogP contribution in [0.2, 0.25) is 0 Å². The number of amides is 1. The monoisotopic (exact) mass is 495 g/mol. The normalized spacial score (nSPS) is 13.0. The topological polar surface area (TPSA) is 79.4 Å². The largest absolute Gasteiger partial charge is 0.457 e. The molecule has 0 bridgehead atoms. The summed E-state index contributed by atoms with van der Waals surface area (Å²) >= 11 is 1.52. The van der Waals surface area contributed by atoms with E-state index in [4.69, 9.17) is 4.74 Å². The summed E-state index contributed by atoms with van der Waals surface area (Å²) in [7, 11) is 0. The lowest BCUT2D eigenvalue weighted by molar-refractivity contribution is 0.0949. The van der Waals surface area contributed by atoms with Gasteiger partial charge in [-0.2, -0.15) is 0 Å². The van der Waals surface area contributed by atoms with Crippen LogP contribution < -0.4 is 15.4 Å². The van der Waals surface area contributed by atoms with Crippen LogP contribution in [0.5, 0.6) is 11.5 Å². The van der Waals surface area contributed by atoms with Crippen molar-refractivity contribution in [3.05, 3.63) is 59.2 Å². The van der Waals surface area contributed by atoms with Crippen molar-refractivity contribution in [3.63, 3.8) is 0 Å². The number of thiazole rings is 1. The second-order valence-electron chi connectivity index (χ2n) is 7.23. The average Bonchev–Trinajstić information content (AvgIpc) is 3.40. The van der Waals surface area contributed by atoms with Crippen molar-refractivity contribution >= 4 is 53.0 Å². The first-order valence-corrected chi connectivity index (χ1v) is 11.0. The fraction of sp³-hybridized carbons (Fsp3) is 0.318. The Balaban J connectivity index is 0.00000181. The molecule has 0 unspecified atom stereocenters. The maximum absolute atomic E-state index is 12.5. The molecule has 32 heavy (non-hydrogen) atoms. The summed E-state index contributed by atoms with van der Waals surface area (Å²) in [5.74, 6) is 1.80. The van der Waals surface area contributed by atoms with Gasteiger partial charge >= 0.3 is 0 Å². The number of carbonyl (C=O) groups excluding carboxylic acids is 1. The Hall–Kier alpha value is -2.39. The highest BCUT2D eigenvalue weighted by atomic mass is 35.5. The first-order chi connectivity index (χ1) is 14.7. The van der Waals surface area contributed by atoms with Crippen LogP contribution in [0.1, 0.15) is 28.9 Å². The fourth-order valence-electron chi connectivity index (χ4n) is 3.34. The van der Waals surface area contributed by atoms with Gasteiger partial charge in [0.25, 0.3) is 5.91 Å². The number of carbonyl (C=O) groups is 1. The van der Waals surface area contributed by atoms with E-state index in [1.807, 2.05) is 24.4 Å². The molecule has 0 spiro atoms. The van der Waals surface area contributed by atoms with Crippen LogP contribution >= 0.6 is 36.2 Å². The number of nitrogens with zero attached hydrogens (tertiary/aromatic N) is 3. The molecule has 1 aliphatic rings. The molecule has 1 aromatic carbocycles. The number of aryl methyl sites for hydroxylation is 1. The lowest BCUT2D eigenvalue weighted by atomic mass is 10.2. The van der Waals surface area contributed by atoms with Crippen LogP contribution in [0.15, 0.2) is 48.0 Å². The number of likely N-dealkylation sites (tertiary alicyclic amines) is 1. The van der Waals surface area contributed by atoms with Crippen LogP contribution in [-0.2, 0) is 0 Å². The lowest BCUT2D eigenvalue weighted by Crippen LogP contribution is -2.33. The van der Waals surface area contributed by atoms with Crippen LogP contribution in [0.3, 0.4) is 0 Å². The van der Waals surface area contributed by atoms with Gasteiger partial charge in [-0.15, -0.1) is 36.2 Å². The lowest BCUT2D eigenvalue weighted by Gasteiger charge is -2.15. The zero-order chi connectivity index (χ0) is 20.8. The molecule has 3 aromatic rings. The Morgan fingerprint density at radius 3 is 2.69 bits per heavy atom. The van der Waals surface area contributed by atoms with E-state index in [9.17, 15) is 4.79 Å². The second kappa shape index (κ2) is 12.6. The molecule has 1 saturated heterocycles. The molecule has 1 fully saturated rings. The number of benzene rings is 1. The number of aromatic nitrogens is 2. The molecular formula is C22H27Cl2N5O2S. The molecule has 0 aliphatic carbocycles. The van der Waals surface area contributed by atoms with E-state index in [2.05, 4.69) is 25.5 Å². The van der Waals surface area contributed by atoms with Gasteiger partial charge in [0.2, 0.25) is 0 Å². The summed E-state index contributed by atoms with van der Waals surface area (Å²) in [5.41, 5.74) is 1.55. The van der Waals surface area contributed by atoms with Gasteiger partial charge in [-0.25, -0.2) is 9.97 Å². The Morgan fingerprint density at radius 1 is 1.16 bits per heavy atom. The molecule has 0 radical (unpaired) electrons. The van der Waals surface area contributed by atoms with E-state index in [1.165, 1.54) is 24.2 Å². The molecule has 0 saturated carbocycles. The molecule has 7 nitrogen and oxygen atoms in total. The average molecular weight is 496 g/mol. The van der Waals surface area contributed by atoms with Gasteiger partial charge in [-0.05, 0) is 57.1 Å². The predicted octanol–water partition coefficient (Wildman–Crippen LogP) is 5.05. The molecule has 172 valence electrons. The number of nitrogens with one attached hydrogen (secondary N) is 2. The highest BCUT2D eigenvalue weighted by molar-refractivity contribution is 7.13. The third kappa shape index (κ3) is 7.34. The number of rotatable bonds is 8. The minimum atomic E-state index is -0.0872. The van der Waals surface area contributed by atoms with Crippen LogP contribution in [0.4, 0.5) is 10.9 Å². The van der Waals surface area contributed by atoms with E-state index in [-0.39, 0.29) is 30.7 Å². The smallest absolute Gasteiger partial charge is 0.251 e. The van der Waals surface area contributed by atoms with E-state index in [0.717, 1.165) is 30.5 Å². The Labute approximate surface area is 204 Å². The SMILES string of the molecule is Cc1csc(Nc2cc(Oc3cccc(C(=O)NCCN4CCCC4)c3)ccn2)n1.Cl.Cl. The van der Waals surface area contributed by atoms with Gasteiger partial charge in [-0.3, -0.25) is 4.79 Å². The summed E-state index contributed by atoms with van der Waals surface area (Å²) in [5, 5.41) is 8.93. The molecule has 1 aliphatic heterocycles.